The fraction of sp³-hybridized carbons (Fsp3) is 0.357. The molecule has 1 atom stereocenters. The summed E-state index contributed by atoms with van der Waals surface area (Å²) in [6, 6.07) is 7.06. The number of hydrogen-bond acceptors (Lipinski definition) is 4. The first kappa shape index (κ1) is 18.6. The summed E-state index contributed by atoms with van der Waals surface area (Å²) in [7, 11) is 1.21. The van der Waals surface area contributed by atoms with Crippen LogP contribution < -0.4 is 5.32 Å². The van der Waals surface area contributed by atoms with Crippen LogP contribution in [0.5, 0.6) is 0 Å². The van der Waals surface area contributed by atoms with E-state index in [0.29, 0.717) is 5.02 Å². The van der Waals surface area contributed by atoms with E-state index in [9.17, 15) is 18.0 Å². The van der Waals surface area contributed by atoms with E-state index in [1.165, 1.54) is 7.05 Å². The zero-order chi connectivity index (χ0) is 17.9. The molecule has 0 aliphatic heterocycles. The predicted molar refractivity (Wildman–Crippen MR) is 84.6 cm³/mol. The molecule has 0 aliphatic rings. The quantitative estimate of drug-likeness (QED) is 0.811. The van der Waals surface area contributed by atoms with Gasteiger partial charge in [-0.05, 0) is 18.6 Å². The number of hydrogen-bond donors (Lipinski definition) is 1. The van der Waals surface area contributed by atoms with Gasteiger partial charge in [-0.3, -0.25) is 4.79 Å². The molecule has 0 radical (unpaired) electrons. The monoisotopic (exact) mass is 378 g/mol. The third-order valence-electron chi connectivity index (χ3n) is 3.15. The van der Waals surface area contributed by atoms with Crippen molar-refractivity contribution in [1.82, 2.24) is 20.1 Å². The first-order valence-corrected chi connectivity index (χ1v) is 8.10. The second kappa shape index (κ2) is 7.43. The number of carbonyl (C=O) groups excluding carboxylic acids is 1. The van der Waals surface area contributed by atoms with Gasteiger partial charge < -0.3 is 9.88 Å². The highest BCUT2D eigenvalue weighted by Gasteiger charge is 2.37. The number of amides is 1. The largest absolute Gasteiger partial charge is 0.451 e. The van der Waals surface area contributed by atoms with Gasteiger partial charge >= 0.3 is 6.18 Å². The number of halogens is 4. The first-order chi connectivity index (χ1) is 11.2. The molecule has 1 aromatic heterocycles. The van der Waals surface area contributed by atoms with E-state index >= 15 is 0 Å². The standard InChI is InChI=1S/C14H14ClF3N4OS/c1-8(11(23)19-7-9-5-3-4-6-10(9)15)24-13-21-20-12(22(13)2)14(16,17)18/h3-6,8H,7H2,1-2H3,(H,19,23)/t8-/m0/s1. The van der Waals surface area contributed by atoms with Gasteiger partial charge in [0.05, 0.1) is 5.25 Å². The summed E-state index contributed by atoms with van der Waals surface area (Å²) < 4.78 is 38.9. The van der Waals surface area contributed by atoms with E-state index in [2.05, 4.69) is 15.5 Å². The van der Waals surface area contributed by atoms with Gasteiger partial charge in [-0.2, -0.15) is 13.2 Å². The number of aromatic nitrogens is 3. The van der Waals surface area contributed by atoms with E-state index in [4.69, 9.17) is 11.6 Å². The molecule has 0 spiro atoms. The van der Waals surface area contributed by atoms with Crippen molar-refractivity contribution in [2.75, 3.05) is 0 Å². The normalized spacial score (nSPS) is 12.9. The molecule has 0 aliphatic carbocycles. The highest BCUT2D eigenvalue weighted by molar-refractivity contribution is 8.00. The summed E-state index contributed by atoms with van der Waals surface area (Å²) in [4.78, 5) is 12.1. The lowest BCUT2D eigenvalue weighted by Gasteiger charge is -2.12. The summed E-state index contributed by atoms with van der Waals surface area (Å²) >= 11 is 6.90. The van der Waals surface area contributed by atoms with Gasteiger partial charge in [0.15, 0.2) is 5.16 Å². The Balaban J connectivity index is 1.97. The molecule has 24 heavy (non-hydrogen) atoms. The number of nitrogens with one attached hydrogen (secondary N) is 1. The second-order valence-electron chi connectivity index (χ2n) is 4.93. The Labute approximate surface area is 145 Å². The Morgan fingerprint density at radius 1 is 1.38 bits per heavy atom. The fourth-order valence-corrected chi connectivity index (χ4v) is 2.89. The molecular formula is C14H14ClF3N4OS. The topological polar surface area (TPSA) is 59.8 Å². The van der Waals surface area contributed by atoms with E-state index < -0.39 is 17.3 Å². The average Bonchev–Trinajstić information content (AvgIpc) is 2.87. The molecule has 130 valence electrons. The zero-order valence-electron chi connectivity index (χ0n) is 12.8. The molecule has 2 aromatic rings. The molecule has 10 heteroatoms. The predicted octanol–water partition coefficient (Wildman–Crippen LogP) is 3.28. The van der Waals surface area contributed by atoms with Crippen LogP contribution in [0, 0.1) is 0 Å². The first-order valence-electron chi connectivity index (χ1n) is 6.84. The molecule has 0 fully saturated rings. The van der Waals surface area contributed by atoms with Crippen LogP contribution >= 0.6 is 23.4 Å². The molecule has 2 rings (SSSR count). The van der Waals surface area contributed by atoms with Crippen LogP contribution in [0.15, 0.2) is 29.4 Å². The van der Waals surface area contributed by atoms with Crippen molar-refractivity contribution in [3.63, 3.8) is 0 Å². The van der Waals surface area contributed by atoms with E-state index in [-0.39, 0.29) is 17.6 Å². The second-order valence-corrected chi connectivity index (χ2v) is 6.65. The highest BCUT2D eigenvalue weighted by Crippen LogP contribution is 2.30. The van der Waals surface area contributed by atoms with Gasteiger partial charge in [0.25, 0.3) is 0 Å². The lowest BCUT2D eigenvalue weighted by molar-refractivity contribution is -0.147. The van der Waals surface area contributed by atoms with Gasteiger partial charge in [0.2, 0.25) is 11.7 Å². The van der Waals surface area contributed by atoms with Gasteiger partial charge in [-0.15, -0.1) is 10.2 Å². The molecule has 1 heterocycles. The minimum atomic E-state index is -4.59. The van der Waals surface area contributed by atoms with Crippen molar-refractivity contribution in [2.45, 2.75) is 30.1 Å². The van der Waals surface area contributed by atoms with Crippen LogP contribution in [0.1, 0.15) is 18.3 Å². The lowest BCUT2D eigenvalue weighted by Crippen LogP contribution is -2.30. The van der Waals surface area contributed by atoms with Crippen molar-refractivity contribution in [2.24, 2.45) is 7.05 Å². The van der Waals surface area contributed by atoms with E-state index in [1.807, 2.05) is 0 Å². The van der Waals surface area contributed by atoms with Crippen LogP contribution in [-0.4, -0.2) is 25.9 Å². The van der Waals surface area contributed by atoms with Crippen molar-refractivity contribution < 1.29 is 18.0 Å². The Morgan fingerprint density at radius 3 is 2.62 bits per heavy atom. The van der Waals surface area contributed by atoms with Crippen LogP contribution in [0.25, 0.3) is 0 Å². The number of nitrogens with zero attached hydrogens (tertiary/aromatic N) is 3. The number of benzene rings is 1. The number of carbonyl (C=O) groups is 1. The number of thioether (sulfide) groups is 1. The van der Waals surface area contributed by atoms with E-state index in [1.54, 1.807) is 31.2 Å². The molecular weight excluding hydrogens is 365 g/mol. The summed E-state index contributed by atoms with van der Waals surface area (Å²) in [6.45, 7) is 1.81. The Hall–Kier alpha value is -1.74. The average molecular weight is 379 g/mol. The number of alkyl halides is 3. The molecule has 0 unspecified atom stereocenters. The third-order valence-corrected chi connectivity index (χ3v) is 4.65. The summed E-state index contributed by atoms with van der Waals surface area (Å²) in [5, 5.41) is 9.21. The molecule has 0 bridgehead atoms. The molecule has 0 saturated carbocycles. The Morgan fingerprint density at radius 2 is 2.04 bits per heavy atom. The maximum Gasteiger partial charge on any atom is 0.451 e. The summed E-state index contributed by atoms with van der Waals surface area (Å²) in [5.74, 6) is -1.44. The third kappa shape index (κ3) is 4.41. The smallest absolute Gasteiger partial charge is 0.351 e. The van der Waals surface area contributed by atoms with Crippen molar-refractivity contribution >= 4 is 29.3 Å². The summed E-state index contributed by atoms with van der Waals surface area (Å²) in [5.41, 5.74) is 0.753. The van der Waals surface area contributed by atoms with Gasteiger partial charge in [-0.25, -0.2) is 0 Å². The van der Waals surface area contributed by atoms with Crippen LogP contribution in [0.2, 0.25) is 5.02 Å². The zero-order valence-corrected chi connectivity index (χ0v) is 14.3. The van der Waals surface area contributed by atoms with Crippen molar-refractivity contribution in [1.29, 1.82) is 0 Å². The molecule has 1 amide bonds. The fourth-order valence-electron chi connectivity index (χ4n) is 1.84. The Bertz CT molecular complexity index is 735. The molecule has 5 nitrogen and oxygen atoms in total. The maximum atomic E-state index is 12.7. The van der Waals surface area contributed by atoms with Crippen LogP contribution in [0.3, 0.4) is 0 Å². The maximum absolute atomic E-state index is 12.7. The molecule has 1 N–H and O–H groups in total. The van der Waals surface area contributed by atoms with Crippen LogP contribution in [0.4, 0.5) is 13.2 Å². The minimum Gasteiger partial charge on any atom is -0.351 e. The van der Waals surface area contributed by atoms with Gasteiger partial charge in [-0.1, -0.05) is 41.6 Å². The highest BCUT2D eigenvalue weighted by atomic mass is 35.5. The summed E-state index contributed by atoms with van der Waals surface area (Å²) in [6.07, 6.45) is -4.59. The SMILES string of the molecule is C[C@H](Sc1nnc(C(F)(F)F)n1C)C(=O)NCc1ccccc1Cl. The van der Waals surface area contributed by atoms with Gasteiger partial charge in [0, 0.05) is 18.6 Å². The van der Waals surface area contributed by atoms with E-state index in [0.717, 1.165) is 21.9 Å². The number of rotatable bonds is 5. The van der Waals surface area contributed by atoms with Gasteiger partial charge in [0.1, 0.15) is 0 Å². The van der Waals surface area contributed by atoms with Crippen molar-refractivity contribution in [3.05, 3.63) is 40.7 Å². The van der Waals surface area contributed by atoms with Crippen molar-refractivity contribution in [3.8, 4) is 0 Å². The minimum absolute atomic E-state index is 0.0164. The Kier molecular flexibility index (Phi) is 5.76. The lowest BCUT2D eigenvalue weighted by atomic mass is 10.2. The van der Waals surface area contributed by atoms with Crippen LogP contribution in [-0.2, 0) is 24.6 Å². The molecule has 1 aromatic carbocycles. The molecule has 0 saturated heterocycles.